The van der Waals surface area contributed by atoms with Crippen molar-refractivity contribution in [3.8, 4) is 0 Å². The van der Waals surface area contributed by atoms with Gasteiger partial charge in [-0.05, 0) is 6.92 Å². The molecular weight excluding hydrogens is 292 g/mol. The molecule has 0 aromatic heterocycles. The van der Waals surface area contributed by atoms with Crippen LogP contribution in [0.2, 0.25) is 0 Å². The summed E-state index contributed by atoms with van der Waals surface area (Å²) in [7, 11) is 0. The zero-order valence-electron chi connectivity index (χ0n) is 9.33. The van der Waals surface area contributed by atoms with E-state index in [0.717, 1.165) is 0 Å². The van der Waals surface area contributed by atoms with E-state index in [0.29, 0.717) is 0 Å². The molecule has 0 spiro atoms. The van der Waals surface area contributed by atoms with E-state index in [1.54, 1.807) is 0 Å². The Labute approximate surface area is 102 Å². The minimum atomic E-state index is -5.88. The number of carbonyl (C=O) groups is 1. The summed E-state index contributed by atoms with van der Waals surface area (Å²) in [6.07, 6.45) is -14.0. The zero-order valence-corrected chi connectivity index (χ0v) is 9.33. The van der Waals surface area contributed by atoms with Crippen molar-refractivity contribution in [3.05, 3.63) is 12.7 Å². The van der Waals surface area contributed by atoms with Crippen molar-refractivity contribution in [2.75, 3.05) is 0 Å². The maximum atomic E-state index is 13.2. The zero-order chi connectivity index (χ0) is 15.7. The van der Waals surface area contributed by atoms with E-state index in [4.69, 9.17) is 0 Å². The van der Waals surface area contributed by atoms with Gasteiger partial charge in [0.25, 0.3) is 0 Å². The van der Waals surface area contributed by atoms with Crippen molar-refractivity contribution in [3.63, 3.8) is 0 Å². The summed E-state index contributed by atoms with van der Waals surface area (Å²) in [6.45, 7) is 2.26. The van der Waals surface area contributed by atoms with Crippen molar-refractivity contribution in [2.45, 2.75) is 37.2 Å². The molecule has 112 valence electrons. The van der Waals surface area contributed by atoms with Crippen LogP contribution in [0.5, 0.6) is 0 Å². The summed E-state index contributed by atoms with van der Waals surface area (Å²) >= 11 is 0. The van der Waals surface area contributed by atoms with Gasteiger partial charge in [0.1, 0.15) is 0 Å². The summed E-state index contributed by atoms with van der Waals surface area (Å²) in [5.41, 5.74) is -4.67. The summed E-state index contributed by atoms with van der Waals surface area (Å²) in [6, 6.07) is 0. The normalized spacial score (nSPS) is 16.7. The lowest BCUT2D eigenvalue weighted by molar-refractivity contribution is -0.368. The van der Waals surface area contributed by atoms with Crippen LogP contribution in [0.3, 0.4) is 0 Å². The molecule has 0 heterocycles. The Hall–Kier alpha value is -1.35. The average molecular weight is 300 g/mol. The van der Waals surface area contributed by atoms with Crippen molar-refractivity contribution >= 4 is 5.97 Å². The maximum Gasteiger partial charge on any atom is 0.470 e. The molecule has 0 saturated heterocycles. The van der Waals surface area contributed by atoms with E-state index in [-0.39, 0.29) is 13.0 Å². The largest absolute Gasteiger partial charge is 0.470 e. The first-order chi connectivity index (χ1) is 8.16. The molecule has 0 aliphatic rings. The average Bonchev–Trinajstić information content (AvgIpc) is 2.12. The van der Waals surface area contributed by atoms with Gasteiger partial charge in [0.05, 0.1) is 6.42 Å². The number of rotatable bonds is 5. The van der Waals surface area contributed by atoms with Gasteiger partial charge < -0.3 is 4.74 Å². The van der Waals surface area contributed by atoms with Crippen LogP contribution < -0.4 is 0 Å². The van der Waals surface area contributed by atoms with Crippen LogP contribution in [0.15, 0.2) is 12.7 Å². The van der Waals surface area contributed by atoms with Gasteiger partial charge in [0, 0.05) is 6.08 Å². The second-order valence-corrected chi connectivity index (χ2v) is 3.71. The second kappa shape index (κ2) is 4.97. The third kappa shape index (κ3) is 4.06. The molecule has 0 aromatic rings. The SMILES string of the molecule is C=CC(=O)OC(F)(F)C(F)(F)C(C)(F)CC(F)(F)F. The Morgan fingerprint density at radius 2 is 1.53 bits per heavy atom. The van der Waals surface area contributed by atoms with Crippen LogP contribution in [0, 0.1) is 0 Å². The molecule has 0 N–H and O–H groups in total. The smallest absolute Gasteiger partial charge is 0.393 e. The highest BCUT2D eigenvalue weighted by atomic mass is 19.4. The fourth-order valence-corrected chi connectivity index (χ4v) is 1.02. The van der Waals surface area contributed by atoms with Gasteiger partial charge in [-0.3, -0.25) is 0 Å². The van der Waals surface area contributed by atoms with Crippen LogP contribution in [0.1, 0.15) is 13.3 Å². The Kier molecular flexibility index (Phi) is 4.62. The lowest BCUT2D eigenvalue weighted by Crippen LogP contribution is -2.57. The summed E-state index contributed by atoms with van der Waals surface area (Å²) in [5.74, 6) is -7.92. The summed E-state index contributed by atoms with van der Waals surface area (Å²) in [4.78, 5) is 10.4. The molecule has 0 bridgehead atoms. The van der Waals surface area contributed by atoms with Crippen LogP contribution in [-0.2, 0) is 9.53 Å². The molecular formula is C9H8F8O2. The van der Waals surface area contributed by atoms with Gasteiger partial charge in [-0.1, -0.05) is 6.58 Å². The second-order valence-electron chi connectivity index (χ2n) is 3.71. The van der Waals surface area contributed by atoms with Crippen LogP contribution in [0.4, 0.5) is 35.1 Å². The number of halogens is 8. The highest BCUT2D eigenvalue weighted by Gasteiger charge is 2.72. The Morgan fingerprint density at radius 3 is 1.84 bits per heavy atom. The molecule has 0 saturated carbocycles. The van der Waals surface area contributed by atoms with E-state index in [1.165, 1.54) is 0 Å². The Bertz CT molecular complexity index is 358. The Morgan fingerprint density at radius 1 is 1.11 bits per heavy atom. The van der Waals surface area contributed by atoms with Crippen molar-refractivity contribution in [2.24, 2.45) is 0 Å². The number of hydrogen-bond acceptors (Lipinski definition) is 2. The summed E-state index contributed by atoms with van der Waals surface area (Å²) in [5, 5.41) is 0. The lowest BCUT2D eigenvalue weighted by Gasteiger charge is -2.34. The molecule has 1 atom stereocenters. The molecule has 0 radical (unpaired) electrons. The molecule has 0 rings (SSSR count). The molecule has 2 nitrogen and oxygen atoms in total. The predicted molar refractivity (Wildman–Crippen MR) is 46.4 cm³/mol. The third-order valence-corrected chi connectivity index (χ3v) is 1.95. The first-order valence-corrected chi connectivity index (χ1v) is 4.53. The number of hydrogen-bond donors (Lipinski definition) is 0. The van der Waals surface area contributed by atoms with E-state index in [9.17, 15) is 39.9 Å². The molecule has 19 heavy (non-hydrogen) atoms. The number of esters is 1. The van der Waals surface area contributed by atoms with Crippen molar-refractivity contribution in [1.29, 1.82) is 0 Å². The molecule has 10 heteroatoms. The third-order valence-electron chi connectivity index (χ3n) is 1.95. The minimum absolute atomic E-state index is 0.0727. The molecule has 0 amide bonds. The van der Waals surface area contributed by atoms with E-state index in [2.05, 4.69) is 11.3 Å². The Balaban J connectivity index is 5.33. The molecule has 0 fully saturated rings. The monoisotopic (exact) mass is 300 g/mol. The fourth-order valence-electron chi connectivity index (χ4n) is 1.02. The van der Waals surface area contributed by atoms with Gasteiger partial charge in [-0.25, -0.2) is 9.18 Å². The van der Waals surface area contributed by atoms with E-state index in [1.807, 2.05) is 0 Å². The van der Waals surface area contributed by atoms with Crippen molar-refractivity contribution in [1.82, 2.24) is 0 Å². The highest BCUT2D eigenvalue weighted by molar-refractivity contribution is 5.81. The highest BCUT2D eigenvalue weighted by Crippen LogP contribution is 2.49. The quantitative estimate of drug-likeness (QED) is 0.440. The molecule has 0 aliphatic carbocycles. The van der Waals surface area contributed by atoms with E-state index < -0.39 is 36.3 Å². The topological polar surface area (TPSA) is 26.3 Å². The maximum absolute atomic E-state index is 13.2. The van der Waals surface area contributed by atoms with Crippen LogP contribution in [-0.4, -0.2) is 29.8 Å². The molecule has 1 unspecified atom stereocenters. The number of ether oxygens (including phenoxy) is 1. The number of alkyl halides is 8. The van der Waals surface area contributed by atoms with Gasteiger partial charge >= 0.3 is 24.2 Å². The molecule has 0 aliphatic heterocycles. The first-order valence-electron chi connectivity index (χ1n) is 4.53. The lowest BCUT2D eigenvalue weighted by atomic mass is 9.94. The van der Waals surface area contributed by atoms with Gasteiger partial charge in [0.15, 0.2) is 5.67 Å². The first kappa shape index (κ1) is 17.6. The number of carbonyl (C=O) groups excluding carboxylic acids is 1. The fraction of sp³-hybridized carbons (Fsp3) is 0.667. The van der Waals surface area contributed by atoms with Gasteiger partial charge in [-0.15, -0.1) is 0 Å². The van der Waals surface area contributed by atoms with E-state index >= 15 is 0 Å². The van der Waals surface area contributed by atoms with Crippen LogP contribution >= 0.6 is 0 Å². The van der Waals surface area contributed by atoms with Gasteiger partial charge in [0.2, 0.25) is 0 Å². The predicted octanol–water partition coefficient (Wildman–Crippen LogP) is 3.62. The standard InChI is InChI=1S/C9H8F8O2/c1-3-5(18)19-9(16,17)8(14,15)6(2,10)4-7(11,12)13/h3H,1,4H2,2H3. The van der Waals surface area contributed by atoms with Crippen LogP contribution in [0.25, 0.3) is 0 Å². The minimum Gasteiger partial charge on any atom is -0.393 e. The molecule has 0 aromatic carbocycles. The van der Waals surface area contributed by atoms with Crippen molar-refractivity contribution < 1.29 is 44.7 Å². The summed E-state index contributed by atoms with van der Waals surface area (Å²) < 4.78 is 104. The van der Waals surface area contributed by atoms with Gasteiger partial charge in [-0.2, -0.15) is 30.7 Å².